The van der Waals surface area contributed by atoms with Crippen LogP contribution in [0.3, 0.4) is 0 Å². The Kier molecular flexibility index (Phi) is 6.36. The average Bonchev–Trinajstić information content (AvgIpc) is 3.55. The Morgan fingerprint density at radius 2 is 1.95 bits per heavy atom. The molecule has 40 heavy (non-hydrogen) atoms. The number of aliphatic hydroxyl groups is 1. The second-order valence-corrected chi connectivity index (χ2v) is 9.59. The predicted molar refractivity (Wildman–Crippen MR) is 145 cm³/mol. The third kappa shape index (κ3) is 4.83. The quantitative estimate of drug-likeness (QED) is 0.237. The van der Waals surface area contributed by atoms with Crippen LogP contribution in [0, 0.1) is 0 Å². The summed E-state index contributed by atoms with van der Waals surface area (Å²) in [6.45, 7) is 3.49. The van der Waals surface area contributed by atoms with E-state index in [0.29, 0.717) is 34.0 Å². The molecule has 2 aromatic heterocycles. The van der Waals surface area contributed by atoms with Gasteiger partial charge >= 0.3 is 5.97 Å². The Balaban J connectivity index is 1.35. The number of ether oxygens (including phenoxy) is 1. The van der Waals surface area contributed by atoms with Crippen LogP contribution in [0.2, 0.25) is 0 Å². The number of rotatable bonds is 8. The molecule has 0 fully saturated rings. The van der Waals surface area contributed by atoms with Crippen LogP contribution < -0.4 is 16.1 Å². The number of esters is 1. The molecule has 12 heteroatoms. The molecule has 0 spiro atoms. The highest BCUT2D eigenvalue weighted by molar-refractivity contribution is 5.95. The van der Waals surface area contributed by atoms with E-state index in [1.165, 1.54) is 6.26 Å². The predicted octanol–water partition coefficient (Wildman–Crippen LogP) is 4.21. The average molecular weight is 540 g/mol. The van der Waals surface area contributed by atoms with Crippen molar-refractivity contribution in [1.29, 1.82) is 0 Å². The van der Waals surface area contributed by atoms with Crippen molar-refractivity contribution in [2.75, 3.05) is 17.2 Å². The van der Waals surface area contributed by atoms with Crippen LogP contribution in [0.25, 0.3) is 17.0 Å². The first-order chi connectivity index (χ1) is 19.4. The van der Waals surface area contributed by atoms with Gasteiger partial charge in [0.25, 0.3) is 5.89 Å². The number of carbonyl (C=O) groups is 1. The Labute approximate surface area is 228 Å². The zero-order valence-corrected chi connectivity index (χ0v) is 21.6. The Morgan fingerprint density at radius 1 is 1.10 bits per heavy atom. The van der Waals surface area contributed by atoms with E-state index in [-0.39, 0.29) is 24.4 Å². The topological polar surface area (TPSA) is 157 Å². The van der Waals surface area contributed by atoms with Crippen molar-refractivity contribution in [2.24, 2.45) is 0 Å². The number of benzene rings is 2. The number of aliphatic hydroxyl groups excluding tert-OH is 1. The van der Waals surface area contributed by atoms with Gasteiger partial charge in [-0.2, -0.15) is 9.97 Å². The molecular formula is C28H25N7O5. The lowest BCUT2D eigenvalue weighted by Gasteiger charge is -2.20. The minimum atomic E-state index is -0.744. The fraction of sp³-hybridized carbons (Fsp3) is 0.179. The molecule has 1 atom stereocenters. The van der Waals surface area contributed by atoms with Crippen LogP contribution in [0.1, 0.15) is 47.2 Å². The first-order valence-corrected chi connectivity index (χ1v) is 12.5. The standard InChI is InChI=1S/C28H25N7O5/c1-28(2)21-12-18(8-9-19(21)26(37)39-28)31-27-29-14-20(25-33-23(35-40-25)17-10-11-38-30-13-17)24(34-27)32-22(15-36)16-6-4-3-5-7-16/h3-14,22,30,36H,15H2,1-2H3,(H2,29,31,32,34). The van der Waals surface area contributed by atoms with E-state index < -0.39 is 11.6 Å². The zero-order valence-electron chi connectivity index (χ0n) is 21.6. The van der Waals surface area contributed by atoms with E-state index in [9.17, 15) is 9.90 Å². The largest absolute Gasteiger partial charge is 0.451 e. The molecule has 4 aromatic rings. The van der Waals surface area contributed by atoms with Crippen molar-refractivity contribution >= 4 is 29.0 Å². The van der Waals surface area contributed by atoms with Crippen molar-refractivity contribution in [3.05, 3.63) is 95.8 Å². The highest BCUT2D eigenvalue weighted by Gasteiger charge is 2.37. The zero-order chi connectivity index (χ0) is 27.7. The normalized spacial score (nSPS) is 15.8. The molecule has 2 aliphatic rings. The van der Waals surface area contributed by atoms with Crippen molar-refractivity contribution in [1.82, 2.24) is 25.6 Å². The summed E-state index contributed by atoms with van der Waals surface area (Å²) in [6.07, 6.45) is 6.33. The number of allylic oxidation sites excluding steroid dienone is 2. The minimum absolute atomic E-state index is 0.185. The van der Waals surface area contributed by atoms with Crippen molar-refractivity contribution in [3.8, 4) is 11.5 Å². The Bertz CT molecular complexity index is 1630. The summed E-state index contributed by atoms with van der Waals surface area (Å²) in [5.74, 6) is 0.818. The van der Waals surface area contributed by atoms with Crippen LogP contribution in [-0.2, 0) is 15.2 Å². The van der Waals surface area contributed by atoms with Gasteiger partial charge in [-0.1, -0.05) is 35.5 Å². The summed E-state index contributed by atoms with van der Waals surface area (Å²) in [4.78, 5) is 30.8. The highest BCUT2D eigenvalue weighted by atomic mass is 16.6. The second-order valence-electron chi connectivity index (χ2n) is 9.59. The molecule has 0 bridgehead atoms. The van der Waals surface area contributed by atoms with Crippen LogP contribution >= 0.6 is 0 Å². The molecule has 0 aliphatic carbocycles. The maximum atomic E-state index is 12.2. The van der Waals surface area contributed by atoms with Crippen LogP contribution in [0.4, 0.5) is 17.5 Å². The molecule has 0 radical (unpaired) electrons. The molecule has 4 N–H and O–H groups in total. The second kappa shape index (κ2) is 10.2. The van der Waals surface area contributed by atoms with Gasteiger partial charge in [0.15, 0.2) is 0 Å². The number of anilines is 3. The number of cyclic esters (lactones) is 1. The first kappa shape index (κ1) is 25.1. The molecule has 2 aromatic carbocycles. The number of hydrogen-bond acceptors (Lipinski definition) is 12. The minimum Gasteiger partial charge on any atom is -0.451 e. The van der Waals surface area contributed by atoms with Gasteiger partial charge in [0.2, 0.25) is 11.8 Å². The molecule has 0 saturated heterocycles. The van der Waals surface area contributed by atoms with E-state index in [2.05, 4.69) is 31.2 Å². The number of hydroxylamine groups is 1. The van der Waals surface area contributed by atoms with Gasteiger partial charge in [0.05, 0.1) is 18.2 Å². The number of hydrogen-bond donors (Lipinski definition) is 4. The summed E-state index contributed by atoms with van der Waals surface area (Å²) in [5.41, 5.74) is 5.83. The fourth-order valence-electron chi connectivity index (χ4n) is 4.44. The van der Waals surface area contributed by atoms with Crippen molar-refractivity contribution in [2.45, 2.75) is 25.5 Å². The van der Waals surface area contributed by atoms with Crippen LogP contribution in [0.5, 0.6) is 0 Å². The summed E-state index contributed by atoms with van der Waals surface area (Å²) in [5, 5.41) is 20.8. The van der Waals surface area contributed by atoms with Crippen molar-refractivity contribution < 1.29 is 24.0 Å². The van der Waals surface area contributed by atoms with E-state index in [1.54, 1.807) is 30.6 Å². The van der Waals surface area contributed by atoms with Gasteiger partial charge in [0, 0.05) is 29.2 Å². The number of carbonyl (C=O) groups excluding carboxylic acids is 1. The summed E-state index contributed by atoms with van der Waals surface area (Å²) < 4.78 is 11.0. The van der Waals surface area contributed by atoms with Crippen LogP contribution in [-0.4, -0.2) is 37.8 Å². The van der Waals surface area contributed by atoms with E-state index >= 15 is 0 Å². The maximum absolute atomic E-state index is 12.2. The molecule has 2 aliphatic heterocycles. The van der Waals surface area contributed by atoms with Gasteiger partial charge in [-0.25, -0.2) is 15.3 Å². The number of fused-ring (bicyclic) bond motifs is 1. The van der Waals surface area contributed by atoms with Crippen molar-refractivity contribution in [3.63, 3.8) is 0 Å². The molecule has 0 saturated carbocycles. The molecule has 202 valence electrons. The lowest BCUT2D eigenvalue weighted by molar-refractivity contribution is 0.00954. The fourth-order valence-corrected chi connectivity index (χ4v) is 4.44. The highest BCUT2D eigenvalue weighted by Crippen LogP contribution is 2.38. The summed E-state index contributed by atoms with van der Waals surface area (Å²) in [7, 11) is 0. The van der Waals surface area contributed by atoms with Gasteiger partial charge in [-0.05, 0) is 43.7 Å². The Morgan fingerprint density at radius 3 is 2.73 bits per heavy atom. The Hall–Kier alpha value is -5.23. The molecule has 12 nitrogen and oxygen atoms in total. The van der Waals surface area contributed by atoms with E-state index in [4.69, 9.17) is 19.1 Å². The van der Waals surface area contributed by atoms with Gasteiger partial charge < -0.3 is 29.8 Å². The number of nitrogens with one attached hydrogen (secondary N) is 3. The molecule has 6 rings (SSSR count). The molecular weight excluding hydrogens is 514 g/mol. The maximum Gasteiger partial charge on any atom is 0.339 e. The summed E-state index contributed by atoms with van der Waals surface area (Å²) in [6, 6.07) is 14.4. The smallest absolute Gasteiger partial charge is 0.339 e. The first-order valence-electron chi connectivity index (χ1n) is 12.5. The third-order valence-electron chi connectivity index (χ3n) is 6.49. The third-order valence-corrected chi connectivity index (χ3v) is 6.49. The van der Waals surface area contributed by atoms with Crippen LogP contribution in [0.15, 0.2) is 77.8 Å². The molecule has 0 amide bonds. The van der Waals surface area contributed by atoms with Gasteiger partial charge in [0.1, 0.15) is 23.2 Å². The van der Waals surface area contributed by atoms with Gasteiger partial charge in [-0.3, -0.25) is 0 Å². The lowest BCUT2D eigenvalue weighted by Crippen LogP contribution is -2.17. The van der Waals surface area contributed by atoms with E-state index in [1.807, 2.05) is 50.2 Å². The molecule has 4 heterocycles. The van der Waals surface area contributed by atoms with E-state index in [0.717, 1.165) is 11.1 Å². The SMILES string of the molecule is CC1(C)OC(=O)c2ccc(Nc3ncc(-c4nc(C5=CNOC=C5)no4)c(NC(CO)c4ccccc4)n3)cc21. The number of aromatic nitrogens is 4. The monoisotopic (exact) mass is 539 g/mol. The number of nitrogens with zero attached hydrogens (tertiary/aromatic N) is 4. The summed E-state index contributed by atoms with van der Waals surface area (Å²) >= 11 is 0. The van der Waals surface area contributed by atoms with Gasteiger partial charge in [-0.15, -0.1) is 0 Å². The molecule has 1 unspecified atom stereocenters. The lowest BCUT2D eigenvalue weighted by atomic mass is 9.95.